The van der Waals surface area contributed by atoms with Gasteiger partial charge >= 0.3 is 0 Å². The molecule has 132 valence electrons. The quantitative estimate of drug-likeness (QED) is 0.659. The van der Waals surface area contributed by atoms with Crippen molar-refractivity contribution in [2.24, 2.45) is 0 Å². The molecule has 0 aromatic heterocycles. The minimum atomic E-state index is -2.47. The molecule has 3 N–H and O–H groups in total. The van der Waals surface area contributed by atoms with E-state index >= 15 is 0 Å². The monoisotopic (exact) mass is 365 g/mol. The topological polar surface area (TPSA) is 70.2 Å². The summed E-state index contributed by atoms with van der Waals surface area (Å²) in [6.07, 6.45) is 0. The van der Waals surface area contributed by atoms with Gasteiger partial charge in [-0.1, -0.05) is 23.9 Å². The highest BCUT2D eigenvalue weighted by Crippen LogP contribution is 2.27. The van der Waals surface area contributed by atoms with Crippen LogP contribution in [-0.2, 0) is 4.79 Å². The van der Waals surface area contributed by atoms with Gasteiger partial charge in [-0.15, -0.1) is 0 Å². The highest BCUT2D eigenvalue weighted by atomic mass is 32.2. The van der Waals surface area contributed by atoms with Crippen molar-refractivity contribution >= 4 is 35.0 Å². The van der Waals surface area contributed by atoms with Crippen LogP contribution in [0.15, 0.2) is 53.4 Å². The summed E-state index contributed by atoms with van der Waals surface area (Å²) in [4.78, 5) is 23.9. The molecule has 2 aromatic rings. The van der Waals surface area contributed by atoms with Gasteiger partial charge in [-0.05, 0) is 36.4 Å². The molecule has 0 aliphatic carbocycles. The van der Waals surface area contributed by atoms with Crippen molar-refractivity contribution < 1.29 is 18.4 Å². The zero-order chi connectivity index (χ0) is 18.2. The number of rotatable bonds is 7. The van der Waals surface area contributed by atoms with Gasteiger partial charge in [0, 0.05) is 17.6 Å². The third-order valence-electron chi connectivity index (χ3n) is 3.22. The predicted molar refractivity (Wildman–Crippen MR) is 94.4 cm³/mol. The first-order valence-electron chi connectivity index (χ1n) is 7.39. The van der Waals surface area contributed by atoms with E-state index in [0.717, 1.165) is 0 Å². The van der Waals surface area contributed by atoms with Gasteiger partial charge < -0.3 is 16.0 Å². The van der Waals surface area contributed by atoms with Crippen molar-refractivity contribution in [2.45, 2.75) is 10.7 Å². The van der Waals surface area contributed by atoms with Crippen molar-refractivity contribution in [1.29, 1.82) is 0 Å². The summed E-state index contributed by atoms with van der Waals surface area (Å²) in [6.45, 7) is -0.122. The summed E-state index contributed by atoms with van der Waals surface area (Å²) in [6, 6.07) is 13.3. The lowest BCUT2D eigenvalue weighted by atomic mass is 10.1. The summed E-state index contributed by atoms with van der Waals surface area (Å²) in [5.74, 6) is -3.16. The van der Waals surface area contributed by atoms with Crippen molar-refractivity contribution in [3.8, 4) is 0 Å². The van der Waals surface area contributed by atoms with Crippen LogP contribution in [0, 0.1) is 0 Å². The average molecular weight is 365 g/mol. The van der Waals surface area contributed by atoms with Gasteiger partial charge in [-0.3, -0.25) is 9.59 Å². The molecule has 0 heterocycles. The molecule has 0 unspecified atom stereocenters. The van der Waals surface area contributed by atoms with Crippen LogP contribution in [0.3, 0.4) is 0 Å². The van der Waals surface area contributed by atoms with E-state index < -0.39 is 11.7 Å². The van der Waals surface area contributed by atoms with Crippen LogP contribution in [-0.4, -0.2) is 31.2 Å². The minimum absolute atomic E-state index is 0.122. The summed E-state index contributed by atoms with van der Waals surface area (Å²) in [5, 5.41) is 8.03. The molecular weight excluding hydrogens is 348 g/mol. The van der Waals surface area contributed by atoms with E-state index in [0.29, 0.717) is 33.6 Å². The fraction of sp³-hybridized carbons (Fsp3) is 0.176. The third-order valence-corrected chi connectivity index (χ3v) is 3.94. The molecule has 0 radical (unpaired) electrons. The summed E-state index contributed by atoms with van der Waals surface area (Å²) in [5.41, 5.74) is 1.58. The van der Waals surface area contributed by atoms with Crippen LogP contribution < -0.4 is 16.0 Å². The number of benzene rings is 2. The molecule has 2 amide bonds. The number of carbonyl (C=O) groups excluding carboxylic acids is 2. The number of anilines is 2. The Bertz CT molecular complexity index is 739. The number of para-hydroxylation sites is 1. The van der Waals surface area contributed by atoms with Gasteiger partial charge in [0.2, 0.25) is 5.91 Å². The van der Waals surface area contributed by atoms with Gasteiger partial charge in [-0.25, -0.2) is 0 Å². The zero-order valence-electron chi connectivity index (χ0n) is 13.4. The molecule has 0 bridgehead atoms. The van der Waals surface area contributed by atoms with E-state index in [9.17, 15) is 18.4 Å². The Kier molecular flexibility index (Phi) is 6.76. The first-order chi connectivity index (χ1) is 12.0. The zero-order valence-corrected chi connectivity index (χ0v) is 14.2. The molecule has 0 aliphatic rings. The first kappa shape index (κ1) is 18.7. The van der Waals surface area contributed by atoms with E-state index in [1.165, 1.54) is 7.05 Å². The number of halogens is 2. The van der Waals surface area contributed by atoms with Crippen molar-refractivity contribution in [3.63, 3.8) is 0 Å². The Morgan fingerprint density at radius 2 is 1.76 bits per heavy atom. The second kappa shape index (κ2) is 9.03. The Morgan fingerprint density at radius 1 is 1.08 bits per heavy atom. The molecule has 8 heteroatoms. The van der Waals surface area contributed by atoms with Crippen LogP contribution in [0.1, 0.15) is 10.4 Å². The molecule has 0 aliphatic heterocycles. The molecule has 0 saturated carbocycles. The number of nitrogens with one attached hydrogen (secondary N) is 3. The average Bonchev–Trinajstić information content (AvgIpc) is 2.61. The number of alkyl halides is 2. The lowest BCUT2D eigenvalue weighted by Crippen LogP contribution is -2.35. The molecule has 2 aromatic carbocycles. The molecule has 0 atom stereocenters. The van der Waals surface area contributed by atoms with Crippen LogP contribution >= 0.6 is 11.8 Å². The third kappa shape index (κ3) is 5.75. The van der Waals surface area contributed by atoms with E-state index in [4.69, 9.17) is 0 Å². The van der Waals surface area contributed by atoms with Crippen LogP contribution in [0.5, 0.6) is 0 Å². The fourth-order valence-corrected chi connectivity index (χ4v) is 2.51. The Balaban J connectivity index is 2.09. The maximum absolute atomic E-state index is 12.3. The van der Waals surface area contributed by atoms with Crippen LogP contribution in [0.4, 0.5) is 20.2 Å². The number of hydrogen-bond acceptors (Lipinski definition) is 4. The van der Waals surface area contributed by atoms with E-state index in [2.05, 4.69) is 16.0 Å². The maximum atomic E-state index is 12.3. The number of hydrogen-bond donors (Lipinski definition) is 3. The lowest BCUT2D eigenvalue weighted by molar-refractivity contribution is -0.119. The predicted octanol–water partition coefficient (Wildman–Crippen LogP) is 3.22. The van der Waals surface area contributed by atoms with Crippen molar-refractivity contribution in [2.75, 3.05) is 18.9 Å². The second-order valence-corrected chi connectivity index (χ2v) is 5.99. The normalized spacial score (nSPS) is 10.4. The van der Waals surface area contributed by atoms with Gasteiger partial charge in [0.05, 0.1) is 17.8 Å². The summed E-state index contributed by atoms with van der Waals surface area (Å²) < 4.78 is 24.7. The van der Waals surface area contributed by atoms with Crippen molar-refractivity contribution in [3.05, 3.63) is 54.1 Å². The second-order valence-electron chi connectivity index (χ2n) is 4.93. The Hall–Kier alpha value is -2.61. The van der Waals surface area contributed by atoms with Gasteiger partial charge in [0.1, 0.15) is 0 Å². The molecule has 2 rings (SSSR count). The highest BCUT2D eigenvalue weighted by Gasteiger charge is 2.12. The molecule has 0 saturated heterocycles. The molecular formula is C17H17F2N3O2S. The fourth-order valence-electron chi connectivity index (χ4n) is 2.01. The first-order valence-corrected chi connectivity index (χ1v) is 8.27. The van der Waals surface area contributed by atoms with Crippen LogP contribution in [0.25, 0.3) is 0 Å². The smallest absolute Gasteiger partial charge is 0.288 e. The standard InChI is InChI=1S/C17H17F2N3O2S/c1-20-15(23)10-21-16(24)13-4-2-3-5-14(13)22-11-6-8-12(9-7-11)25-17(18)19/h2-9,17,22H,10H2,1H3,(H,20,23)(H,21,24). The van der Waals surface area contributed by atoms with Crippen LogP contribution in [0.2, 0.25) is 0 Å². The van der Waals surface area contributed by atoms with E-state index in [1.807, 2.05) is 0 Å². The molecule has 0 spiro atoms. The Morgan fingerprint density at radius 3 is 2.40 bits per heavy atom. The molecule has 5 nitrogen and oxygen atoms in total. The highest BCUT2D eigenvalue weighted by molar-refractivity contribution is 7.99. The molecule has 0 fully saturated rings. The lowest BCUT2D eigenvalue weighted by Gasteiger charge is -2.12. The van der Waals surface area contributed by atoms with E-state index in [-0.39, 0.29) is 12.5 Å². The number of thioether (sulfide) groups is 1. The van der Waals surface area contributed by atoms with Gasteiger partial charge in [-0.2, -0.15) is 8.78 Å². The van der Waals surface area contributed by atoms with Crippen molar-refractivity contribution in [1.82, 2.24) is 10.6 Å². The Labute approximate surface area is 148 Å². The SMILES string of the molecule is CNC(=O)CNC(=O)c1ccccc1Nc1ccc(SC(F)F)cc1. The summed E-state index contributed by atoms with van der Waals surface area (Å²) >= 11 is 0.470. The number of likely N-dealkylation sites (N-methyl/N-ethyl adjacent to an activating group) is 1. The van der Waals surface area contributed by atoms with E-state index in [1.54, 1.807) is 48.5 Å². The summed E-state index contributed by atoms with van der Waals surface area (Å²) in [7, 11) is 1.49. The number of amides is 2. The van der Waals surface area contributed by atoms with Gasteiger partial charge in [0.15, 0.2) is 0 Å². The van der Waals surface area contributed by atoms with Gasteiger partial charge in [0.25, 0.3) is 11.7 Å². The molecule has 25 heavy (non-hydrogen) atoms. The largest absolute Gasteiger partial charge is 0.358 e. The number of carbonyl (C=O) groups is 2. The minimum Gasteiger partial charge on any atom is -0.358 e. The maximum Gasteiger partial charge on any atom is 0.288 e.